The Morgan fingerprint density at radius 2 is 1.97 bits per heavy atom. The first kappa shape index (κ1) is 24.4. The second-order valence-corrected chi connectivity index (χ2v) is 10.2. The maximum absolute atomic E-state index is 12.7. The number of ether oxygens (including phenoxy) is 1. The Bertz CT molecular complexity index is 1310. The van der Waals surface area contributed by atoms with E-state index in [1.807, 2.05) is 31.2 Å². The number of nitrogens with one attached hydrogen (secondary N) is 1. The lowest BCUT2D eigenvalue weighted by Gasteiger charge is -2.08. The molecule has 0 aliphatic carbocycles. The van der Waals surface area contributed by atoms with Crippen molar-refractivity contribution in [2.75, 3.05) is 17.7 Å². The molecular weight excluding hydrogens is 534 g/mol. The van der Waals surface area contributed by atoms with E-state index in [1.165, 1.54) is 18.1 Å². The predicted octanol–water partition coefficient (Wildman–Crippen LogP) is 6.81. The van der Waals surface area contributed by atoms with Gasteiger partial charge < -0.3 is 10.1 Å². The lowest BCUT2D eigenvalue weighted by Crippen LogP contribution is -2.15. The molecule has 0 fully saturated rings. The SMILES string of the molecule is CCCCOC(=O)c1cccc(NC(=O)CSc2ncnc3scc(-c4ccc(Br)cc4)c23)c1. The van der Waals surface area contributed by atoms with Crippen molar-refractivity contribution in [3.8, 4) is 11.1 Å². The van der Waals surface area contributed by atoms with Crippen LogP contribution in [0.4, 0.5) is 5.69 Å². The number of anilines is 1. The topological polar surface area (TPSA) is 81.2 Å². The molecule has 0 aliphatic rings. The highest BCUT2D eigenvalue weighted by molar-refractivity contribution is 9.10. The van der Waals surface area contributed by atoms with Crippen LogP contribution in [0.25, 0.3) is 21.3 Å². The third kappa shape index (κ3) is 6.02. The Hall–Kier alpha value is -2.75. The number of carbonyl (C=O) groups is 2. The van der Waals surface area contributed by atoms with Gasteiger partial charge in [0.05, 0.1) is 23.3 Å². The van der Waals surface area contributed by atoms with E-state index in [2.05, 4.69) is 36.6 Å². The van der Waals surface area contributed by atoms with Crippen molar-refractivity contribution in [1.29, 1.82) is 0 Å². The molecule has 2 heterocycles. The lowest BCUT2D eigenvalue weighted by molar-refractivity contribution is -0.113. The fourth-order valence-corrected chi connectivity index (χ4v) is 5.30. The maximum atomic E-state index is 12.7. The number of hydrogen-bond donors (Lipinski definition) is 1. The van der Waals surface area contributed by atoms with Gasteiger partial charge in [-0.05, 0) is 42.3 Å². The number of halogens is 1. The van der Waals surface area contributed by atoms with E-state index < -0.39 is 0 Å². The Morgan fingerprint density at radius 1 is 1.15 bits per heavy atom. The van der Waals surface area contributed by atoms with Crippen molar-refractivity contribution in [2.45, 2.75) is 24.8 Å². The fourth-order valence-electron chi connectivity index (χ4n) is 3.25. The summed E-state index contributed by atoms with van der Waals surface area (Å²) in [7, 11) is 0. The van der Waals surface area contributed by atoms with E-state index in [0.717, 1.165) is 43.7 Å². The summed E-state index contributed by atoms with van der Waals surface area (Å²) in [4.78, 5) is 34.5. The predicted molar refractivity (Wildman–Crippen MR) is 142 cm³/mol. The van der Waals surface area contributed by atoms with Gasteiger partial charge in [0.2, 0.25) is 5.91 Å². The van der Waals surface area contributed by atoms with Gasteiger partial charge in [-0.3, -0.25) is 4.79 Å². The molecule has 1 N–H and O–H groups in total. The van der Waals surface area contributed by atoms with E-state index in [4.69, 9.17) is 4.74 Å². The number of esters is 1. The zero-order valence-corrected chi connectivity index (χ0v) is 21.6. The molecule has 0 aliphatic heterocycles. The number of benzene rings is 2. The van der Waals surface area contributed by atoms with Gasteiger partial charge >= 0.3 is 5.97 Å². The fraction of sp³-hybridized carbons (Fsp3) is 0.200. The summed E-state index contributed by atoms with van der Waals surface area (Å²) in [5.41, 5.74) is 3.08. The number of thiophene rings is 1. The van der Waals surface area contributed by atoms with E-state index >= 15 is 0 Å². The molecule has 174 valence electrons. The molecule has 2 aromatic heterocycles. The molecule has 0 spiro atoms. The largest absolute Gasteiger partial charge is 0.462 e. The van der Waals surface area contributed by atoms with Gasteiger partial charge in [0, 0.05) is 21.1 Å². The lowest BCUT2D eigenvalue weighted by atomic mass is 10.1. The summed E-state index contributed by atoms with van der Waals surface area (Å²) >= 11 is 6.39. The van der Waals surface area contributed by atoms with Gasteiger partial charge in [0.25, 0.3) is 0 Å². The molecule has 0 unspecified atom stereocenters. The first-order chi connectivity index (χ1) is 16.5. The normalized spacial score (nSPS) is 10.9. The van der Waals surface area contributed by atoms with Crippen molar-refractivity contribution in [1.82, 2.24) is 9.97 Å². The molecular formula is C25H22BrN3O3S2. The summed E-state index contributed by atoms with van der Waals surface area (Å²) in [6, 6.07) is 14.9. The average molecular weight is 557 g/mol. The van der Waals surface area contributed by atoms with E-state index in [-0.39, 0.29) is 17.6 Å². The van der Waals surface area contributed by atoms with Crippen molar-refractivity contribution < 1.29 is 14.3 Å². The van der Waals surface area contributed by atoms with Crippen LogP contribution < -0.4 is 5.32 Å². The highest BCUT2D eigenvalue weighted by Gasteiger charge is 2.15. The minimum atomic E-state index is -0.389. The number of amides is 1. The van der Waals surface area contributed by atoms with Crippen molar-refractivity contribution in [2.24, 2.45) is 0 Å². The van der Waals surface area contributed by atoms with Gasteiger partial charge in [-0.25, -0.2) is 14.8 Å². The molecule has 1 amide bonds. The zero-order valence-electron chi connectivity index (χ0n) is 18.4. The van der Waals surface area contributed by atoms with Crippen LogP contribution in [0.2, 0.25) is 0 Å². The van der Waals surface area contributed by atoms with E-state index in [9.17, 15) is 9.59 Å². The van der Waals surface area contributed by atoms with Gasteiger partial charge in [-0.1, -0.05) is 59.2 Å². The van der Waals surface area contributed by atoms with Crippen LogP contribution in [0.5, 0.6) is 0 Å². The molecule has 0 radical (unpaired) electrons. The van der Waals surface area contributed by atoms with Crippen molar-refractivity contribution >= 4 is 66.8 Å². The molecule has 0 saturated carbocycles. The Kier molecular flexibility index (Phi) is 8.31. The number of thioether (sulfide) groups is 1. The number of fused-ring (bicyclic) bond motifs is 1. The first-order valence-corrected chi connectivity index (χ1v) is 13.4. The molecule has 4 rings (SSSR count). The molecule has 9 heteroatoms. The van der Waals surface area contributed by atoms with Crippen molar-refractivity contribution in [3.05, 3.63) is 70.3 Å². The van der Waals surface area contributed by atoms with Crippen LogP contribution in [0.1, 0.15) is 30.1 Å². The minimum absolute atomic E-state index is 0.174. The van der Waals surface area contributed by atoms with Crippen LogP contribution in [-0.4, -0.2) is 34.2 Å². The monoisotopic (exact) mass is 555 g/mol. The molecule has 0 saturated heterocycles. The third-order valence-electron chi connectivity index (χ3n) is 4.94. The Balaban J connectivity index is 1.44. The standard InChI is InChI=1S/C25H22BrN3O3S2/c1-2-3-11-32-25(31)17-5-4-6-19(12-17)29-21(30)14-34-24-22-20(13-33-23(22)27-15-28-24)16-7-9-18(26)10-8-16/h4-10,12-13,15H,2-3,11,14H2,1H3,(H,29,30). The van der Waals surface area contributed by atoms with E-state index in [0.29, 0.717) is 17.9 Å². The highest BCUT2D eigenvalue weighted by atomic mass is 79.9. The van der Waals surface area contributed by atoms with Gasteiger partial charge in [-0.15, -0.1) is 11.3 Å². The summed E-state index contributed by atoms with van der Waals surface area (Å²) in [6.07, 6.45) is 3.30. The number of aromatic nitrogens is 2. The second kappa shape index (κ2) is 11.6. The Labute approximate surface area is 214 Å². The molecule has 34 heavy (non-hydrogen) atoms. The molecule has 0 bridgehead atoms. The molecule has 2 aromatic carbocycles. The smallest absolute Gasteiger partial charge is 0.338 e. The van der Waals surface area contributed by atoms with Gasteiger partial charge in [0.15, 0.2) is 0 Å². The van der Waals surface area contributed by atoms with Crippen LogP contribution >= 0.6 is 39.0 Å². The maximum Gasteiger partial charge on any atom is 0.338 e. The number of rotatable bonds is 9. The summed E-state index contributed by atoms with van der Waals surface area (Å²) in [5, 5.41) is 6.63. The first-order valence-electron chi connectivity index (χ1n) is 10.7. The summed E-state index contributed by atoms with van der Waals surface area (Å²) < 4.78 is 6.26. The highest BCUT2D eigenvalue weighted by Crippen LogP contribution is 2.38. The van der Waals surface area contributed by atoms with Gasteiger partial charge in [0.1, 0.15) is 16.2 Å². The Morgan fingerprint density at radius 3 is 2.76 bits per heavy atom. The number of carbonyl (C=O) groups excluding carboxylic acids is 2. The molecule has 4 aromatic rings. The van der Waals surface area contributed by atoms with Crippen LogP contribution in [0.3, 0.4) is 0 Å². The number of hydrogen-bond acceptors (Lipinski definition) is 7. The quantitative estimate of drug-likeness (QED) is 0.106. The number of unbranched alkanes of at least 4 members (excludes halogenated alkanes) is 1. The van der Waals surface area contributed by atoms with Crippen molar-refractivity contribution in [3.63, 3.8) is 0 Å². The minimum Gasteiger partial charge on any atom is -0.462 e. The average Bonchev–Trinajstić information content (AvgIpc) is 3.28. The van der Waals surface area contributed by atoms with Crippen LogP contribution in [-0.2, 0) is 9.53 Å². The number of nitrogens with zero attached hydrogens (tertiary/aromatic N) is 2. The summed E-state index contributed by atoms with van der Waals surface area (Å²) in [6.45, 7) is 2.43. The van der Waals surface area contributed by atoms with E-state index in [1.54, 1.807) is 35.6 Å². The van der Waals surface area contributed by atoms with Gasteiger partial charge in [-0.2, -0.15) is 0 Å². The third-order valence-corrected chi connectivity index (χ3v) is 7.35. The second-order valence-electron chi connectivity index (χ2n) is 7.42. The zero-order chi connectivity index (χ0) is 23.9. The molecule has 6 nitrogen and oxygen atoms in total. The molecule has 0 atom stereocenters. The summed E-state index contributed by atoms with van der Waals surface area (Å²) in [5.74, 6) is -0.402. The van der Waals surface area contributed by atoms with Crippen LogP contribution in [0, 0.1) is 0 Å². The van der Waals surface area contributed by atoms with Crippen LogP contribution in [0.15, 0.2) is 69.7 Å².